The van der Waals surface area contributed by atoms with Crippen LogP contribution in [0.25, 0.3) is 0 Å². The number of nitrogens with zero attached hydrogens (tertiary/aromatic N) is 5. The van der Waals surface area contributed by atoms with Crippen molar-refractivity contribution in [2.75, 3.05) is 22.5 Å². The van der Waals surface area contributed by atoms with Crippen LogP contribution in [0.1, 0.15) is 38.0 Å². The van der Waals surface area contributed by atoms with Crippen molar-refractivity contribution in [1.82, 2.24) is 24.0 Å². The molecule has 0 aliphatic carbocycles. The van der Waals surface area contributed by atoms with Gasteiger partial charge in [0.15, 0.2) is 5.82 Å². The lowest BCUT2D eigenvalue weighted by molar-refractivity contribution is -0.112. The number of amides is 4. The number of carbonyl (C=O) groups is 4. The normalized spacial score (nSPS) is 10.4. The van der Waals surface area contributed by atoms with Crippen molar-refractivity contribution in [3.63, 3.8) is 0 Å². The molecule has 3 aromatic rings. The van der Waals surface area contributed by atoms with Gasteiger partial charge >= 0.3 is 0 Å². The minimum Gasteiger partial charge on any atom is -0.350 e. The van der Waals surface area contributed by atoms with E-state index in [1.165, 1.54) is 27.5 Å². The second kappa shape index (κ2) is 11.4. The Hall–Kier alpha value is -4.64. The zero-order valence-electron chi connectivity index (χ0n) is 20.3. The number of hydrogen-bond donors (Lipinski definition) is 4. The predicted molar refractivity (Wildman–Crippen MR) is 139 cm³/mol. The average Bonchev–Trinajstić information content (AvgIpc) is 3.49. The number of imidazole rings is 1. The summed E-state index contributed by atoms with van der Waals surface area (Å²) in [5.74, 6) is -1.65. The molecule has 0 aromatic carbocycles. The summed E-state index contributed by atoms with van der Waals surface area (Å²) < 4.78 is 4.66. The Morgan fingerprint density at radius 1 is 0.919 bits per heavy atom. The lowest BCUT2D eigenvalue weighted by Gasteiger charge is -2.03. The van der Waals surface area contributed by atoms with E-state index >= 15 is 0 Å². The second-order valence-electron chi connectivity index (χ2n) is 7.94. The number of rotatable bonds is 9. The summed E-state index contributed by atoms with van der Waals surface area (Å²) >= 11 is 2.98. The standard InChI is InChI=1S/C23H24BrN9O4/c1-13(24)20(34)30-18-12-33(4)19(29-18)23(37)28-15-9-17(32(3)11-15)22(36)27-14-8-16(31(2)10-14)21(35)26-7-5-6-25/h8-12H,1,5,7H2,2-4H3,(H,26,35)(H,27,36)(H,28,37)(H,30,34). The summed E-state index contributed by atoms with van der Waals surface area (Å²) in [6, 6.07) is 4.96. The van der Waals surface area contributed by atoms with Crippen molar-refractivity contribution in [3.05, 3.63) is 59.0 Å². The number of nitrogens with one attached hydrogen (secondary N) is 4. The Bertz CT molecular complexity index is 1440. The molecule has 14 heteroatoms. The molecule has 3 aromatic heterocycles. The Kier molecular flexibility index (Phi) is 8.30. The molecular formula is C23H24BrN9O4. The summed E-state index contributed by atoms with van der Waals surface area (Å²) in [5.41, 5.74) is 1.33. The van der Waals surface area contributed by atoms with E-state index in [1.54, 1.807) is 38.1 Å². The molecule has 0 aliphatic rings. The first-order chi connectivity index (χ1) is 17.5. The fourth-order valence-electron chi connectivity index (χ4n) is 3.34. The van der Waals surface area contributed by atoms with Gasteiger partial charge < -0.3 is 35.0 Å². The molecule has 13 nitrogen and oxygen atoms in total. The predicted octanol–water partition coefficient (Wildman–Crippen LogP) is 2.09. The lowest BCUT2D eigenvalue weighted by atomic mass is 10.3. The first kappa shape index (κ1) is 27.0. The SMILES string of the molecule is C=C(Br)C(=O)Nc1cn(C)c(C(=O)Nc2cc(C(=O)Nc3cc(C(=O)NCCC#N)n(C)c3)n(C)c2)n1. The molecule has 37 heavy (non-hydrogen) atoms. The molecule has 0 saturated heterocycles. The lowest BCUT2D eigenvalue weighted by Crippen LogP contribution is -2.25. The maximum absolute atomic E-state index is 12.9. The molecule has 0 bridgehead atoms. The van der Waals surface area contributed by atoms with Gasteiger partial charge in [-0.15, -0.1) is 0 Å². The Morgan fingerprint density at radius 3 is 2.05 bits per heavy atom. The topological polar surface area (TPSA) is 168 Å². The van der Waals surface area contributed by atoms with Crippen molar-refractivity contribution in [1.29, 1.82) is 5.26 Å². The highest BCUT2D eigenvalue weighted by molar-refractivity contribution is 9.12. The number of halogens is 1. The first-order valence-electron chi connectivity index (χ1n) is 10.8. The van der Waals surface area contributed by atoms with E-state index in [0.717, 1.165) is 0 Å². The molecule has 0 atom stereocenters. The zero-order chi connectivity index (χ0) is 27.3. The molecule has 192 valence electrons. The van der Waals surface area contributed by atoms with Crippen molar-refractivity contribution < 1.29 is 19.2 Å². The Morgan fingerprint density at radius 2 is 1.49 bits per heavy atom. The fourth-order valence-corrected chi connectivity index (χ4v) is 3.44. The summed E-state index contributed by atoms with van der Waals surface area (Å²) in [5, 5.41) is 19.1. The van der Waals surface area contributed by atoms with Crippen LogP contribution in [0.3, 0.4) is 0 Å². The minimum atomic E-state index is -0.548. The van der Waals surface area contributed by atoms with Crippen molar-refractivity contribution in [2.45, 2.75) is 6.42 Å². The number of aromatic nitrogens is 4. The van der Waals surface area contributed by atoms with Gasteiger partial charge in [-0.3, -0.25) is 19.2 Å². The van der Waals surface area contributed by atoms with Crippen molar-refractivity contribution >= 4 is 56.8 Å². The van der Waals surface area contributed by atoms with Gasteiger partial charge in [0.25, 0.3) is 23.6 Å². The quantitative estimate of drug-likeness (QED) is 0.227. The van der Waals surface area contributed by atoms with Gasteiger partial charge in [0.1, 0.15) is 11.4 Å². The number of hydrogen-bond acceptors (Lipinski definition) is 6. The highest BCUT2D eigenvalue weighted by Crippen LogP contribution is 2.19. The van der Waals surface area contributed by atoms with Gasteiger partial charge in [-0.05, 0) is 28.1 Å². The van der Waals surface area contributed by atoms with E-state index < -0.39 is 17.7 Å². The van der Waals surface area contributed by atoms with Crippen LogP contribution in [0.5, 0.6) is 0 Å². The van der Waals surface area contributed by atoms with Crippen LogP contribution in [-0.4, -0.2) is 48.9 Å². The van der Waals surface area contributed by atoms with Crippen molar-refractivity contribution in [3.8, 4) is 6.07 Å². The largest absolute Gasteiger partial charge is 0.350 e. The van der Waals surface area contributed by atoms with Crippen LogP contribution in [-0.2, 0) is 25.9 Å². The van der Waals surface area contributed by atoms with Gasteiger partial charge in [0.05, 0.1) is 28.3 Å². The highest BCUT2D eigenvalue weighted by Gasteiger charge is 2.19. The molecule has 4 amide bonds. The van der Waals surface area contributed by atoms with Gasteiger partial charge in [-0.2, -0.15) is 5.26 Å². The number of carbonyl (C=O) groups excluding carboxylic acids is 4. The van der Waals surface area contributed by atoms with E-state index in [-0.39, 0.29) is 40.7 Å². The third-order valence-electron chi connectivity index (χ3n) is 5.08. The molecule has 0 aliphatic heterocycles. The van der Waals surface area contributed by atoms with E-state index in [9.17, 15) is 19.2 Å². The molecule has 3 rings (SSSR count). The Balaban J connectivity index is 1.68. The summed E-state index contributed by atoms with van der Waals surface area (Å²) in [6.07, 6.45) is 4.82. The van der Waals surface area contributed by atoms with Gasteiger partial charge in [0, 0.05) is 46.3 Å². The smallest absolute Gasteiger partial charge is 0.291 e. The molecule has 0 fully saturated rings. The average molecular weight is 570 g/mol. The fraction of sp³-hybridized carbons (Fsp3) is 0.217. The maximum Gasteiger partial charge on any atom is 0.291 e. The monoisotopic (exact) mass is 569 g/mol. The summed E-state index contributed by atoms with van der Waals surface area (Å²) in [6.45, 7) is 3.70. The molecule has 0 unspecified atom stereocenters. The Labute approximate surface area is 220 Å². The highest BCUT2D eigenvalue weighted by atomic mass is 79.9. The van der Waals surface area contributed by atoms with Gasteiger partial charge in [-0.1, -0.05) is 6.58 Å². The summed E-state index contributed by atoms with van der Waals surface area (Å²) in [4.78, 5) is 53.7. The third kappa shape index (κ3) is 6.53. The molecule has 4 N–H and O–H groups in total. The van der Waals surface area contributed by atoms with Crippen LogP contribution in [0.15, 0.2) is 41.8 Å². The molecule has 0 spiro atoms. The van der Waals surface area contributed by atoms with Gasteiger partial charge in [0.2, 0.25) is 5.82 Å². The van der Waals surface area contributed by atoms with Crippen molar-refractivity contribution in [2.24, 2.45) is 21.1 Å². The second-order valence-corrected chi connectivity index (χ2v) is 8.90. The van der Waals surface area contributed by atoms with Gasteiger partial charge in [-0.25, -0.2) is 4.98 Å². The molecule has 0 saturated carbocycles. The van der Waals surface area contributed by atoms with Crippen LogP contribution >= 0.6 is 15.9 Å². The van der Waals surface area contributed by atoms with E-state index in [1.807, 2.05) is 6.07 Å². The first-order valence-corrected chi connectivity index (χ1v) is 11.6. The number of nitriles is 1. The van der Waals surface area contributed by atoms with Crippen LogP contribution in [0, 0.1) is 11.3 Å². The zero-order valence-corrected chi connectivity index (χ0v) is 21.8. The van der Waals surface area contributed by atoms with Crippen LogP contribution < -0.4 is 21.3 Å². The van der Waals surface area contributed by atoms with E-state index in [2.05, 4.69) is 48.8 Å². The maximum atomic E-state index is 12.9. The summed E-state index contributed by atoms with van der Waals surface area (Å²) in [7, 11) is 4.91. The number of aryl methyl sites for hydroxylation is 3. The molecular weight excluding hydrogens is 546 g/mol. The van der Waals surface area contributed by atoms with Crippen LogP contribution in [0.2, 0.25) is 0 Å². The van der Waals surface area contributed by atoms with E-state index in [0.29, 0.717) is 17.1 Å². The van der Waals surface area contributed by atoms with Crippen LogP contribution in [0.4, 0.5) is 17.2 Å². The minimum absolute atomic E-state index is 0.0372. The number of anilines is 3. The third-order valence-corrected chi connectivity index (χ3v) is 5.44. The van der Waals surface area contributed by atoms with E-state index in [4.69, 9.17) is 5.26 Å². The molecule has 3 heterocycles. The molecule has 0 radical (unpaired) electrons.